The lowest BCUT2D eigenvalue weighted by Crippen LogP contribution is -2.44. The van der Waals surface area contributed by atoms with Crippen LogP contribution < -0.4 is 10.2 Å². The number of amides is 2. The van der Waals surface area contributed by atoms with Crippen molar-refractivity contribution in [3.05, 3.63) is 10.9 Å². The Morgan fingerprint density at radius 2 is 2.14 bits per heavy atom. The van der Waals surface area contributed by atoms with E-state index in [9.17, 15) is 4.79 Å². The van der Waals surface area contributed by atoms with Crippen molar-refractivity contribution in [1.82, 2.24) is 10.2 Å². The van der Waals surface area contributed by atoms with Gasteiger partial charge in [-0.25, -0.2) is 4.79 Å². The number of likely N-dealkylation sites (tertiary alicyclic amines) is 1. The molecule has 6 heteroatoms. The van der Waals surface area contributed by atoms with Crippen LogP contribution in [-0.2, 0) is 6.42 Å². The van der Waals surface area contributed by atoms with Gasteiger partial charge in [0, 0.05) is 30.3 Å². The van der Waals surface area contributed by atoms with E-state index in [1.807, 2.05) is 28.0 Å². The highest BCUT2D eigenvalue weighted by Gasteiger charge is 2.25. The molecule has 0 saturated carbocycles. The second-order valence-corrected chi connectivity index (χ2v) is 8.02. The van der Waals surface area contributed by atoms with Crippen LogP contribution in [0.15, 0.2) is 10.3 Å². The van der Waals surface area contributed by atoms with E-state index in [1.54, 1.807) is 0 Å². The molecule has 116 valence electrons. The Hall–Kier alpha value is -0.720. The molecular weight excluding hydrogens is 302 g/mol. The lowest BCUT2D eigenvalue weighted by molar-refractivity contribution is 0.244. The Kier molecular flexibility index (Phi) is 5.08. The average molecular weight is 326 g/mol. The Bertz CT molecular complexity index is 497. The molecule has 1 N–H and O–H groups in total. The van der Waals surface area contributed by atoms with Crippen LogP contribution in [0.25, 0.3) is 0 Å². The summed E-state index contributed by atoms with van der Waals surface area (Å²) < 4.78 is 1.30. The molecule has 1 aromatic heterocycles. The van der Waals surface area contributed by atoms with Crippen LogP contribution in [0.5, 0.6) is 0 Å². The summed E-state index contributed by atoms with van der Waals surface area (Å²) in [6, 6.07) is 2.25. The zero-order valence-corrected chi connectivity index (χ0v) is 14.2. The number of thiophene rings is 1. The minimum absolute atomic E-state index is 0.0659. The summed E-state index contributed by atoms with van der Waals surface area (Å²) in [6.07, 6.45) is 3.65. The number of hydrogen-bond acceptors (Lipinski definition) is 4. The molecule has 21 heavy (non-hydrogen) atoms. The summed E-state index contributed by atoms with van der Waals surface area (Å²) in [4.78, 5) is 18.1. The first-order chi connectivity index (χ1) is 10.3. The molecule has 1 aromatic rings. The molecule has 0 radical (unpaired) electrons. The number of carbonyl (C=O) groups excluding carboxylic acids is 1. The van der Waals surface area contributed by atoms with Gasteiger partial charge in [-0.1, -0.05) is 6.92 Å². The van der Waals surface area contributed by atoms with E-state index in [2.05, 4.69) is 23.2 Å². The normalized spacial score (nSPS) is 18.8. The Morgan fingerprint density at radius 3 is 2.90 bits per heavy atom. The quantitative estimate of drug-likeness (QED) is 0.924. The summed E-state index contributed by atoms with van der Waals surface area (Å²) in [7, 11) is 0. The second kappa shape index (κ2) is 7.03. The van der Waals surface area contributed by atoms with Crippen LogP contribution in [0.2, 0.25) is 0 Å². The number of fused-ring (bicyclic) bond motifs is 1. The maximum Gasteiger partial charge on any atom is 0.322 e. The van der Waals surface area contributed by atoms with E-state index >= 15 is 0 Å². The van der Waals surface area contributed by atoms with Crippen molar-refractivity contribution in [2.75, 3.05) is 43.4 Å². The first kappa shape index (κ1) is 15.2. The third-order valence-corrected chi connectivity index (χ3v) is 6.59. The Labute approximate surface area is 134 Å². The summed E-state index contributed by atoms with van der Waals surface area (Å²) >= 11 is 3.71. The fourth-order valence-electron chi connectivity index (χ4n) is 2.86. The molecule has 3 heterocycles. The summed E-state index contributed by atoms with van der Waals surface area (Å²) in [5.41, 5.74) is 1.12. The van der Waals surface area contributed by atoms with Crippen molar-refractivity contribution in [2.24, 2.45) is 0 Å². The van der Waals surface area contributed by atoms with Gasteiger partial charge in [0.1, 0.15) is 0 Å². The van der Waals surface area contributed by atoms with Crippen LogP contribution in [-0.4, -0.2) is 49.4 Å². The van der Waals surface area contributed by atoms with Crippen LogP contribution in [0.3, 0.4) is 0 Å². The second-order valence-electron chi connectivity index (χ2n) is 5.52. The molecule has 3 rings (SSSR count). The molecular formula is C15H23N3OS2. The fourth-order valence-corrected chi connectivity index (χ4v) is 5.27. The molecule has 2 amide bonds. The summed E-state index contributed by atoms with van der Waals surface area (Å²) in [5, 5.41) is 3.09. The van der Waals surface area contributed by atoms with Crippen LogP contribution in [0.1, 0.15) is 24.6 Å². The molecule has 0 unspecified atom stereocenters. The van der Waals surface area contributed by atoms with Gasteiger partial charge in [-0.05, 0) is 38.4 Å². The monoisotopic (exact) mass is 325 g/mol. The van der Waals surface area contributed by atoms with E-state index in [0.29, 0.717) is 0 Å². The first-order valence-electron chi connectivity index (χ1n) is 7.81. The molecule has 4 nitrogen and oxygen atoms in total. The maximum atomic E-state index is 12.4. The lowest BCUT2D eigenvalue weighted by atomic mass is 10.3. The lowest BCUT2D eigenvalue weighted by Gasteiger charge is -2.27. The van der Waals surface area contributed by atoms with Crippen molar-refractivity contribution >= 4 is 34.8 Å². The number of nitrogens with zero attached hydrogens (tertiary/aromatic N) is 2. The number of nitrogens with one attached hydrogen (secondary N) is 1. The van der Waals surface area contributed by atoms with Crippen molar-refractivity contribution in [2.45, 2.75) is 30.4 Å². The van der Waals surface area contributed by atoms with E-state index < -0.39 is 0 Å². The van der Waals surface area contributed by atoms with E-state index in [-0.39, 0.29) is 6.03 Å². The van der Waals surface area contributed by atoms with E-state index in [1.165, 1.54) is 35.0 Å². The number of aryl methyl sites for hydroxylation is 1. The predicted molar refractivity (Wildman–Crippen MR) is 90.8 cm³/mol. The van der Waals surface area contributed by atoms with E-state index in [4.69, 9.17) is 0 Å². The highest BCUT2D eigenvalue weighted by atomic mass is 32.2. The Morgan fingerprint density at radius 1 is 1.33 bits per heavy atom. The fraction of sp³-hybridized carbons (Fsp3) is 0.667. The summed E-state index contributed by atoms with van der Waals surface area (Å²) in [5.74, 6) is 0.996. The average Bonchev–Trinajstić information content (AvgIpc) is 3.15. The maximum absolute atomic E-state index is 12.4. The van der Waals surface area contributed by atoms with Crippen LogP contribution in [0, 0.1) is 0 Å². The molecule has 0 atom stereocenters. The smallest absolute Gasteiger partial charge is 0.322 e. The number of urea groups is 1. The van der Waals surface area contributed by atoms with Crippen molar-refractivity contribution in [1.29, 1.82) is 0 Å². The van der Waals surface area contributed by atoms with Gasteiger partial charge in [0.2, 0.25) is 0 Å². The SMILES string of the molecule is CCc1cc2c(s1)SCCN2C(=O)NCCN1CCCC1. The van der Waals surface area contributed by atoms with Gasteiger partial charge in [-0.2, -0.15) is 0 Å². The van der Waals surface area contributed by atoms with Gasteiger partial charge < -0.3 is 10.2 Å². The van der Waals surface area contributed by atoms with Crippen LogP contribution >= 0.6 is 23.1 Å². The molecule has 0 aliphatic carbocycles. The molecule has 2 aliphatic rings. The number of hydrogen-bond donors (Lipinski definition) is 1. The van der Waals surface area contributed by atoms with Crippen LogP contribution in [0.4, 0.5) is 10.5 Å². The van der Waals surface area contributed by atoms with Crippen molar-refractivity contribution < 1.29 is 4.79 Å². The molecule has 1 fully saturated rings. The number of rotatable bonds is 4. The molecule has 0 aromatic carbocycles. The van der Waals surface area contributed by atoms with Crippen molar-refractivity contribution in [3.8, 4) is 0 Å². The van der Waals surface area contributed by atoms with Gasteiger partial charge >= 0.3 is 6.03 Å². The molecule has 1 saturated heterocycles. The number of carbonyl (C=O) groups is 1. The molecule has 2 aliphatic heterocycles. The predicted octanol–water partition coefficient (Wildman–Crippen LogP) is 3.03. The first-order valence-corrected chi connectivity index (χ1v) is 9.61. The third-order valence-electron chi connectivity index (χ3n) is 4.07. The van der Waals surface area contributed by atoms with Crippen molar-refractivity contribution in [3.63, 3.8) is 0 Å². The van der Waals surface area contributed by atoms with E-state index in [0.717, 1.165) is 37.5 Å². The largest absolute Gasteiger partial charge is 0.336 e. The standard InChI is InChI=1S/C15H23N3OS2/c1-2-12-11-13-14(21-12)20-10-9-18(13)15(19)16-5-8-17-6-3-4-7-17/h11H,2-10H2,1H3,(H,16,19). The number of thioether (sulfide) groups is 1. The minimum atomic E-state index is 0.0659. The van der Waals surface area contributed by atoms with Gasteiger partial charge in [0.25, 0.3) is 0 Å². The van der Waals surface area contributed by atoms with Gasteiger partial charge in [0.15, 0.2) is 0 Å². The topological polar surface area (TPSA) is 35.6 Å². The highest BCUT2D eigenvalue weighted by molar-refractivity contribution is 8.01. The number of anilines is 1. The van der Waals surface area contributed by atoms with Gasteiger partial charge in [-0.15, -0.1) is 23.1 Å². The van der Waals surface area contributed by atoms with Gasteiger partial charge in [0.05, 0.1) is 9.90 Å². The highest BCUT2D eigenvalue weighted by Crippen LogP contribution is 2.41. The van der Waals surface area contributed by atoms with Gasteiger partial charge in [-0.3, -0.25) is 4.90 Å². The summed E-state index contributed by atoms with van der Waals surface area (Å²) in [6.45, 7) is 7.08. The zero-order chi connectivity index (χ0) is 14.7. The zero-order valence-electron chi connectivity index (χ0n) is 12.6. The molecule has 0 bridgehead atoms. The minimum Gasteiger partial charge on any atom is -0.336 e. The third kappa shape index (κ3) is 3.55. The Balaban J connectivity index is 1.56. The molecule has 0 spiro atoms.